The Kier molecular flexibility index (Phi) is 6.05. The van der Waals surface area contributed by atoms with Crippen molar-refractivity contribution in [3.05, 3.63) is 88.7 Å². The highest BCUT2D eigenvalue weighted by atomic mass is 35.5. The summed E-state index contributed by atoms with van der Waals surface area (Å²) in [4.78, 5) is 36.1. The predicted octanol–water partition coefficient (Wildman–Crippen LogP) is 4.04. The third-order valence-electron chi connectivity index (χ3n) is 4.97. The molecule has 0 N–H and O–H groups in total. The van der Waals surface area contributed by atoms with Crippen molar-refractivity contribution in [2.75, 3.05) is 13.1 Å². The smallest absolute Gasteiger partial charge is 0.316 e. The van der Waals surface area contributed by atoms with Crippen LogP contribution in [0.5, 0.6) is 6.01 Å². The van der Waals surface area contributed by atoms with Gasteiger partial charge in [0.1, 0.15) is 6.10 Å². The molecular formula is C23H20ClN3O3. The van der Waals surface area contributed by atoms with E-state index in [0.717, 1.165) is 12.8 Å². The summed E-state index contributed by atoms with van der Waals surface area (Å²) in [6.45, 7) is 1.01. The number of carbonyl (C=O) groups is 2. The predicted molar refractivity (Wildman–Crippen MR) is 113 cm³/mol. The van der Waals surface area contributed by atoms with Crippen LogP contribution in [0.3, 0.4) is 0 Å². The first-order valence-corrected chi connectivity index (χ1v) is 10.1. The summed E-state index contributed by atoms with van der Waals surface area (Å²) in [6, 6.07) is 16.1. The Morgan fingerprint density at radius 3 is 2.37 bits per heavy atom. The van der Waals surface area contributed by atoms with E-state index in [2.05, 4.69) is 9.97 Å². The Labute approximate surface area is 179 Å². The second-order valence-corrected chi connectivity index (χ2v) is 7.49. The van der Waals surface area contributed by atoms with Crippen LogP contribution in [0, 0.1) is 0 Å². The number of likely N-dealkylation sites (tertiary alicyclic amines) is 1. The van der Waals surface area contributed by atoms with Gasteiger partial charge in [0.15, 0.2) is 5.78 Å². The van der Waals surface area contributed by atoms with Gasteiger partial charge in [-0.1, -0.05) is 60.1 Å². The van der Waals surface area contributed by atoms with E-state index >= 15 is 0 Å². The van der Waals surface area contributed by atoms with Crippen molar-refractivity contribution in [1.82, 2.24) is 14.9 Å². The molecule has 152 valence electrons. The molecule has 1 aliphatic rings. The van der Waals surface area contributed by atoms with Gasteiger partial charge >= 0.3 is 6.01 Å². The number of nitrogens with zero attached hydrogens (tertiary/aromatic N) is 3. The molecule has 1 saturated heterocycles. The standard InChI is InChI=1S/C23H20ClN3O3/c24-17-13-25-23(26-14-17)30-18-9-6-12-27(15-18)22(29)20-11-5-4-10-19(20)21(28)16-7-2-1-3-8-16/h1-5,7-8,10-11,13-14,18H,6,9,12,15H2. The van der Waals surface area contributed by atoms with Crippen LogP contribution < -0.4 is 4.74 Å². The molecule has 0 aliphatic carbocycles. The first-order chi connectivity index (χ1) is 14.6. The highest BCUT2D eigenvalue weighted by Gasteiger charge is 2.28. The zero-order valence-electron chi connectivity index (χ0n) is 16.2. The number of hydrogen-bond donors (Lipinski definition) is 0. The first kappa shape index (κ1) is 20.0. The molecule has 1 aromatic heterocycles. The average molecular weight is 422 g/mol. The lowest BCUT2D eigenvalue weighted by Crippen LogP contribution is -2.44. The lowest BCUT2D eigenvalue weighted by atomic mass is 9.97. The highest BCUT2D eigenvalue weighted by molar-refractivity contribution is 6.30. The minimum Gasteiger partial charge on any atom is -0.458 e. The van der Waals surface area contributed by atoms with Gasteiger partial charge in [-0.15, -0.1) is 0 Å². The maximum absolute atomic E-state index is 13.3. The molecule has 2 aromatic carbocycles. The average Bonchev–Trinajstić information content (AvgIpc) is 2.80. The molecule has 30 heavy (non-hydrogen) atoms. The van der Waals surface area contributed by atoms with Gasteiger partial charge in [-0.05, 0) is 18.9 Å². The number of benzene rings is 2. The summed E-state index contributed by atoms with van der Waals surface area (Å²) in [5.74, 6) is -0.348. The number of aromatic nitrogens is 2. The van der Waals surface area contributed by atoms with E-state index in [1.54, 1.807) is 41.3 Å². The number of rotatable bonds is 5. The quantitative estimate of drug-likeness (QED) is 0.581. The Bertz CT molecular complexity index is 1040. The second kappa shape index (κ2) is 9.05. The summed E-state index contributed by atoms with van der Waals surface area (Å²) < 4.78 is 5.83. The number of hydrogen-bond acceptors (Lipinski definition) is 5. The lowest BCUT2D eigenvalue weighted by molar-refractivity contribution is 0.0514. The van der Waals surface area contributed by atoms with Crippen LogP contribution in [0.2, 0.25) is 5.02 Å². The maximum atomic E-state index is 13.3. The van der Waals surface area contributed by atoms with Crippen molar-refractivity contribution in [3.63, 3.8) is 0 Å². The molecule has 1 amide bonds. The normalized spacial score (nSPS) is 16.2. The van der Waals surface area contributed by atoms with E-state index in [9.17, 15) is 9.59 Å². The molecule has 1 aliphatic heterocycles. The van der Waals surface area contributed by atoms with Crippen LogP contribution in [-0.2, 0) is 0 Å². The van der Waals surface area contributed by atoms with Gasteiger partial charge < -0.3 is 9.64 Å². The Morgan fingerprint density at radius 2 is 1.63 bits per heavy atom. The van der Waals surface area contributed by atoms with Gasteiger partial charge in [0.2, 0.25) is 0 Å². The third-order valence-corrected chi connectivity index (χ3v) is 5.17. The van der Waals surface area contributed by atoms with Crippen molar-refractivity contribution in [1.29, 1.82) is 0 Å². The van der Waals surface area contributed by atoms with Crippen LogP contribution in [0.4, 0.5) is 0 Å². The molecule has 0 spiro atoms. The van der Waals surface area contributed by atoms with Crippen molar-refractivity contribution in [3.8, 4) is 6.01 Å². The minimum absolute atomic E-state index is 0.168. The van der Waals surface area contributed by atoms with Gasteiger partial charge in [0.05, 0.1) is 29.5 Å². The van der Waals surface area contributed by atoms with Crippen molar-refractivity contribution < 1.29 is 14.3 Å². The van der Waals surface area contributed by atoms with Gasteiger partial charge in [0.25, 0.3) is 5.91 Å². The zero-order valence-corrected chi connectivity index (χ0v) is 17.0. The molecule has 6 nitrogen and oxygen atoms in total. The molecule has 7 heteroatoms. The molecule has 4 rings (SSSR count). The van der Waals surface area contributed by atoms with Crippen LogP contribution >= 0.6 is 11.6 Å². The number of ether oxygens (including phenoxy) is 1. The molecule has 1 atom stereocenters. The molecule has 0 bridgehead atoms. The van der Waals surface area contributed by atoms with Gasteiger partial charge in [-0.25, -0.2) is 9.97 Å². The molecule has 1 unspecified atom stereocenters. The molecule has 1 fully saturated rings. The van der Waals surface area contributed by atoms with E-state index in [0.29, 0.717) is 34.8 Å². The number of piperidine rings is 1. The van der Waals surface area contributed by atoms with Crippen LogP contribution in [0.1, 0.15) is 39.1 Å². The maximum Gasteiger partial charge on any atom is 0.316 e. The summed E-state index contributed by atoms with van der Waals surface area (Å²) in [5.41, 5.74) is 1.35. The van der Waals surface area contributed by atoms with E-state index in [4.69, 9.17) is 16.3 Å². The molecular weight excluding hydrogens is 402 g/mol. The van der Waals surface area contributed by atoms with E-state index in [1.165, 1.54) is 12.4 Å². The Hall–Kier alpha value is -3.25. The number of halogens is 1. The minimum atomic E-state index is -0.221. The van der Waals surface area contributed by atoms with E-state index in [1.807, 2.05) is 18.2 Å². The zero-order chi connectivity index (χ0) is 20.9. The molecule has 3 aromatic rings. The molecule has 0 radical (unpaired) electrons. The van der Waals surface area contributed by atoms with Gasteiger partial charge in [-0.3, -0.25) is 9.59 Å². The van der Waals surface area contributed by atoms with Crippen molar-refractivity contribution in [2.24, 2.45) is 0 Å². The summed E-state index contributed by atoms with van der Waals surface area (Å²) >= 11 is 5.81. The van der Waals surface area contributed by atoms with Gasteiger partial charge in [0, 0.05) is 17.7 Å². The Morgan fingerprint density at radius 1 is 0.967 bits per heavy atom. The van der Waals surface area contributed by atoms with E-state index < -0.39 is 0 Å². The lowest BCUT2D eigenvalue weighted by Gasteiger charge is -2.32. The van der Waals surface area contributed by atoms with Gasteiger partial charge in [-0.2, -0.15) is 0 Å². The van der Waals surface area contributed by atoms with E-state index in [-0.39, 0.29) is 23.8 Å². The fraction of sp³-hybridized carbons (Fsp3) is 0.217. The first-order valence-electron chi connectivity index (χ1n) is 9.74. The Balaban J connectivity index is 1.51. The number of amides is 1. The van der Waals surface area contributed by atoms with Crippen molar-refractivity contribution in [2.45, 2.75) is 18.9 Å². The summed E-state index contributed by atoms with van der Waals surface area (Å²) in [6.07, 6.45) is 4.31. The van der Waals surface area contributed by atoms with Crippen LogP contribution in [0.15, 0.2) is 67.0 Å². The SMILES string of the molecule is O=C(c1ccccc1)c1ccccc1C(=O)N1CCCC(Oc2ncc(Cl)cn2)C1. The van der Waals surface area contributed by atoms with Crippen LogP contribution in [-0.4, -0.2) is 45.8 Å². The fourth-order valence-electron chi connectivity index (χ4n) is 3.51. The largest absolute Gasteiger partial charge is 0.458 e. The summed E-state index contributed by atoms with van der Waals surface area (Å²) in [5, 5.41) is 0.433. The summed E-state index contributed by atoms with van der Waals surface area (Å²) in [7, 11) is 0. The third kappa shape index (κ3) is 4.49. The fourth-order valence-corrected chi connectivity index (χ4v) is 3.61. The topological polar surface area (TPSA) is 72.4 Å². The van der Waals surface area contributed by atoms with Crippen molar-refractivity contribution >= 4 is 23.3 Å². The molecule has 0 saturated carbocycles. The monoisotopic (exact) mass is 421 g/mol. The number of carbonyl (C=O) groups excluding carboxylic acids is 2. The second-order valence-electron chi connectivity index (χ2n) is 7.06. The number of ketones is 1. The molecule has 2 heterocycles. The highest BCUT2D eigenvalue weighted by Crippen LogP contribution is 2.21. The van der Waals surface area contributed by atoms with Crippen LogP contribution in [0.25, 0.3) is 0 Å².